The van der Waals surface area contributed by atoms with E-state index in [-0.39, 0.29) is 30.7 Å². The normalized spacial score (nSPS) is 13.9. The van der Waals surface area contributed by atoms with E-state index >= 15 is 0 Å². The van der Waals surface area contributed by atoms with Crippen LogP contribution < -0.4 is 43.9 Å². The van der Waals surface area contributed by atoms with Crippen LogP contribution in [0.4, 0.5) is 4.39 Å². The molecule has 0 saturated carbocycles. The van der Waals surface area contributed by atoms with Crippen LogP contribution in [0, 0.1) is 5.82 Å². The topological polar surface area (TPSA) is 331 Å². The van der Waals surface area contributed by atoms with Crippen molar-refractivity contribution in [2.24, 2.45) is 28.6 Å². The van der Waals surface area contributed by atoms with E-state index < -0.39 is 85.3 Å². The Morgan fingerprint density at radius 1 is 0.380 bits per heavy atom. The first-order chi connectivity index (χ1) is 45.0. The molecule has 0 amide bonds. The zero-order valence-electron chi connectivity index (χ0n) is 65.0. The summed E-state index contributed by atoms with van der Waals surface area (Å²) in [6.45, 7) is 34.9. The lowest BCUT2D eigenvalue weighted by Crippen LogP contribution is -2.54. The lowest BCUT2D eigenvalue weighted by molar-refractivity contribution is 0.389. The molecular weight excluding hydrogens is 1430 g/mol. The van der Waals surface area contributed by atoms with Gasteiger partial charge in [0.25, 0.3) is 0 Å². The third-order valence-corrected chi connectivity index (χ3v) is 41.4. The summed E-state index contributed by atoms with van der Waals surface area (Å²) in [6, 6.07) is 25.3. The fourth-order valence-corrected chi connectivity index (χ4v) is 24.5. The van der Waals surface area contributed by atoms with Crippen LogP contribution in [0.3, 0.4) is 0 Å². The second kappa shape index (κ2) is 37.3. The first-order valence-electron chi connectivity index (χ1n) is 32.0. The molecule has 33 heteroatoms. The molecule has 0 aliphatic rings. The Labute approximate surface area is 605 Å². The number of ether oxygens (including phenoxy) is 4. The van der Waals surface area contributed by atoms with Gasteiger partial charge in [-0.3, -0.25) is 8.06 Å². The van der Waals surface area contributed by atoms with Gasteiger partial charge in [-0.1, -0.05) is 106 Å². The van der Waals surface area contributed by atoms with Crippen molar-refractivity contribution in [3.8, 4) is 23.0 Å². The van der Waals surface area contributed by atoms with Gasteiger partial charge >= 0.3 is 0 Å². The summed E-state index contributed by atoms with van der Waals surface area (Å²) in [5.74, 6) is 0.938. The molecule has 0 heterocycles. The molecule has 570 valence electrons. The minimum absolute atomic E-state index is 0.0116. The molecule has 9 N–H and O–H groups in total. The van der Waals surface area contributed by atoms with Crippen molar-refractivity contribution in [3.05, 3.63) is 125 Å². The van der Waals surface area contributed by atoms with Crippen LogP contribution in [0.15, 0.2) is 124 Å². The van der Waals surface area contributed by atoms with Crippen molar-refractivity contribution in [3.63, 3.8) is 0 Å². The summed E-state index contributed by atoms with van der Waals surface area (Å²) in [5.41, 5.74) is 4.84. The van der Waals surface area contributed by atoms with Crippen LogP contribution in [0.1, 0.15) is 90.1 Å². The molecule has 2 atom stereocenters. The van der Waals surface area contributed by atoms with Crippen molar-refractivity contribution < 1.29 is 57.0 Å². The smallest absolute Gasteiger partial charge is 0.241 e. The summed E-state index contributed by atoms with van der Waals surface area (Å²) >= 11 is 0. The number of sulfonamides is 3. The van der Waals surface area contributed by atoms with Gasteiger partial charge in [0, 0.05) is 32.7 Å². The average molecular weight is 1550 g/mol. The van der Waals surface area contributed by atoms with E-state index in [1.165, 1.54) is 32.4 Å². The molecule has 100 heavy (non-hydrogen) atoms. The van der Waals surface area contributed by atoms with Gasteiger partial charge in [-0.2, -0.15) is 0 Å². The largest absolute Gasteiger partial charge is 0.495 e. The maximum absolute atomic E-state index is 13.3. The Balaban J connectivity index is 0.000000632. The van der Waals surface area contributed by atoms with Crippen LogP contribution in [0.25, 0.3) is 0 Å². The quantitative estimate of drug-likeness (QED) is 0.0379. The van der Waals surface area contributed by atoms with Crippen molar-refractivity contribution in [2.45, 2.75) is 174 Å². The van der Waals surface area contributed by atoms with Gasteiger partial charge in [0.1, 0.15) is 81.4 Å². The first kappa shape index (κ1) is 93.2. The average Bonchev–Trinajstić information content (AvgIpc) is 0.793. The Morgan fingerprint density at radius 2 is 0.610 bits per heavy atom. The number of nitrogens with zero attached hydrogens (tertiary/aromatic N) is 7. The Morgan fingerprint density at radius 3 is 0.840 bits per heavy atom. The van der Waals surface area contributed by atoms with E-state index in [4.69, 9.17) is 39.5 Å². The van der Waals surface area contributed by atoms with Gasteiger partial charge in [0.2, 0.25) is 30.1 Å². The van der Waals surface area contributed by atoms with Gasteiger partial charge in [0.05, 0.1) is 28.4 Å². The van der Waals surface area contributed by atoms with Gasteiger partial charge in [-0.15, -0.1) is 0 Å². The zero-order chi connectivity index (χ0) is 78.1. The van der Waals surface area contributed by atoms with Crippen molar-refractivity contribution >= 4 is 74.6 Å². The number of benzene rings is 5. The third-order valence-electron chi connectivity index (χ3n) is 16.6. The molecule has 0 bridgehead atoms. The van der Waals surface area contributed by atoms with Crippen molar-refractivity contribution in [2.75, 3.05) is 98.9 Å². The number of primary sulfonamides is 2. The SMILES string of the molecule is CN(C)Cc1ccc(S(N)(=O)=O)c(F)c1.COc1cc(CN(C)C)ccc1S(=O)(=O)N[Si](C)(C)C(C)(C)C.COc1cc(CN(C)C)ccc1S(N)(=O)=N[Si](C)(C)C(C)(C)C.COc1cc(CN(C)C)ccc1S(N)(=O)=N[Si](C)(C)C(C)(C)C.COc1cc(CN(C)C)ccc1S(N)(=O)=O. The molecule has 5 rings (SSSR count). The molecule has 0 radical (unpaired) electrons. The maximum atomic E-state index is 13.3. The van der Waals surface area contributed by atoms with Crippen molar-refractivity contribution in [1.29, 1.82) is 0 Å². The van der Waals surface area contributed by atoms with Crippen LogP contribution in [-0.4, -0.2) is 182 Å². The molecule has 0 aliphatic carbocycles. The molecule has 5 aromatic carbocycles. The monoisotopic (exact) mass is 1550 g/mol. The summed E-state index contributed by atoms with van der Waals surface area (Å²) in [4.78, 5) is 10.7. The van der Waals surface area contributed by atoms with Crippen LogP contribution in [0.5, 0.6) is 23.0 Å². The number of hydrogen-bond donors (Lipinski definition) is 5. The fraction of sp³-hybridized carbons (Fsp3) is 0.552. The molecule has 0 saturated heterocycles. The fourth-order valence-electron chi connectivity index (χ4n) is 8.48. The van der Waals surface area contributed by atoms with Crippen LogP contribution in [-0.2, 0) is 82.6 Å². The first-order valence-corrected chi connectivity index (χ1v) is 48.6. The second-order valence-electron chi connectivity index (χ2n) is 30.4. The molecule has 0 spiro atoms. The summed E-state index contributed by atoms with van der Waals surface area (Å²) in [7, 11) is 1.76. The number of nitrogens with one attached hydrogen (secondary N) is 1. The lowest BCUT2D eigenvalue weighted by atomic mass is 10.2. The standard InChI is InChI=1S/2C16H31N3O2SSi.C16H30N2O3SSi.C10H16N2O3S.C9H13FN2O2S/c2*1-16(2,3)23(7,8)18-22(17,20)15-10-9-13(12-19(4)5)11-14(15)21-6;1-16(2,3)23(7,8)17-22(19,20)15-10-9-13(12-18(4)5)11-14(15)21-6;1-12(2)7-8-4-5-10(16(11,13)14)9(6-8)15-3;1-12(2)6-7-3-4-9(8(10)5-7)15(11,13)14/h2*9-11H,12H2,1-8H3,(H2,17,18,20);9-11,17H,12H2,1-8H3;4-6H,7H2,1-3H3,(H2,11,13,14);3-5H,6H2,1-2H3,(H2,11,13,14). The number of rotatable bonds is 23. The highest BCUT2D eigenvalue weighted by Crippen LogP contribution is 2.41. The van der Waals surface area contributed by atoms with Gasteiger partial charge < -0.3 is 43.4 Å². The highest BCUT2D eigenvalue weighted by Gasteiger charge is 2.41. The highest BCUT2D eigenvalue weighted by atomic mass is 32.2. The van der Waals surface area contributed by atoms with E-state index in [0.29, 0.717) is 45.7 Å². The molecule has 0 aliphatic heterocycles. The summed E-state index contributed by atoms with van der Waals surface area (Å²) in [5, 5.41) is 22.1. The maximum Gasteiger partial charge on any atom is 0.241 e. The zero-order valence-corrected chi connectivity index (χ0v) is 72.0. The molecule has 5 aromatic rings. The number of halogens is 1. The summed E-state index contributed by atoms with van der Waals surface area (Å²) < 4.78 is 143. The van der Waals surface area contributed by atoms with Crippen LogP contribution >= 0.6 is 0 Å². The predicted octanol–water partition coefficient (Wildman–Crippen LogP) is 10.9. The molecular formula is C67H121FN12O12S5Si3. The number of hydrogen-bond acceptors (Lipinski definition) is 19. The second-order valence-corrected chi connectivity index (χ2v) is 54.3. The number of nitrogens with two attached hydrogens (primary N) is 4. The van der Waals surface area contributed by atoms with E-state index in [1.807, 2.05) is 129 Å². The minimum atomic E-state index is -3.97. The molecule has 0 aromatic heterocycles. The Kier molecular flexibility index (Phi) is 34.8. The molecule has 24 nitrogen and oxygen atoms in total. The van der Waals surface area contributed by atoms with Gasteiger partial charge in [-0.25, -0.2) is 63.0 Å². The molecule has 2 unspecified atom stereocenters. The third kappa shape index (κ3) is 29.8. The minimum Gasteiger partial charge on any atom is -0.495 e. The number of methoxy groups -OCH3 is 4. The predicted molar refractivity (Wildman–Crippen MR) is 416 cm³/mol. The van der Waals surface area contributed by atoms with Crippen LogP contribution in [0.2, 0.25) is 54.4 Å². The van der Waals surface area contributed by atoms with E-state index in [0.717, 1.165) is 41.9 Å². The van der Waals surface area contributed by atoms with E-state index in [2.05, 4.69) is 111 Å². The van der Waals surface area contributed by atoms with Crippen molar-refractivity contribution in [1.82, 2.24) is 28.9 Å². The highest BCUT2D eigenvalue weighted by molar-refractivity contribution is 7.93. The van der Waals surface area contributed by atoms with E-state index in [1.54, 1.807) is 56.7 Å². The lowest BCUT2D eigenvalue weighted by Gasteiger charge is -2.36. The van der Waals surface area contributed by atoms with Gasteiger partial charge in [-0.05, 0) is 200 Å². The van der Waals surface area contributed by atoms with Gasteiger partial charge in [0.15, 0.2) is 16.5 Å². The van der Waals surface area contributed by atoms with E-state index in [9.17, 15) is 38.1 Å². The Bertz CT molecular complexity index is 4030. The Hall–Kier alpha value is -4.77. The summed E-state index contributed by atoms with van der Waals surface area (Å²) in [6.07, 6.45) is 0. The molecule has 0 fully saturated rings.